The molecule has 3 aromatic carbocycles. The lowest BCUT2D eigenvalue weighted by atomic mass is 9.94. The van der Waals surface area contributed by atoms with Crippen molar-refractivity contribution in [2.45, 2.75) is 51.5 Å². The maximum atomic E-state index is 13.8. The van der Waals surface area contributed by atoms with Crippen LogP contribution >= 0.6 is 11.6 Å². The van der Waals surface area contributed by atoms with Crippen LogP contribution in [0.2, 0.25) is 5.02 Å². The molecule has 0 saturated heterocycles. The summed E-state index contributed by atoms with van der Waals surface area (Å²) in [5.41, 5.74) is 3.29. The fourth-order valence-corrected chi connectivity index (χ4v) is 4.35. The number of aromatic carboxylic acids is 1. The minimum atomic E-state index is -1.09. The molecule has 198 valence electrons. The molecular formula is C29H33ClFNO5. The van der Waals surface area contributed by atoms with Crippen LogP contribution < -0.4 is 5.32 Å². The molecule has 3 rings (SSSR count). The number of rotatable bonds is 12. The predicted octanol–water partition coefficient (Wildman–Crippen LogP) is 5.39. The Morgan fingerprint density at radius 3 is 2.54 bits per heavy atom. The van der Waals surface area contributed by atoms with Crippen molar-refractivity contribution in [3.8, 4) is 11.1 Å². The zero-order valence-electron chi connectivity index (χ0n) is 21.2. The standard InChI is InChI=1S/C29H33ClFNO5/c1-18(23-6-4-5-7-24(23)20-9-10-25(28(35)36)21(13-20)16-33)37-17-22(34)15-32-29(2,3)14-19-8-11-26(30)27(31)12-19/h4-13,18,22,32-34H,14-17H2,1-3H3,(H,35,36)/t18-,22-/m1/s1. The van der Waals surface area contributed by atoms with E-state index in [0.29, 0.717) is 12.0 Å². The molecule has 0 aliphatic heterocycles. The molecule has 4 N–H and O–H groups in total. The van der Waals surface area contributed by atoms with Crippen molar-refractivity contribution in [1.82, 2.24) is 5.32 Å². The van der Waals surface area contributed by atoms with Gasteiger partial charge in [-0.1, -0.05) is 48.0 Å². The van der Waals surface area contributed by atoms with Crippen molar-refractivity contribution < 1.29 is 29.2 Å². The van der Waals surface area contributed by atoms with Crippen molar-refractivity contribution in [2.75, 3.05) is 13.2 Å². The van der Waals surface area contributed by atoms with Crippen LogP contribution in [0.25, 0.3) is 11.1 Å². The number of carboxylic acids is 1. The van der Waals surface area contributed by atoms with E-state index in [1.165, 1.54) is 18.2 Å². The fraction of sp³-hybridized carbons (Fsp3) is 0.345. The lowest BCUT2D eigenvalue weighted by molar-refractivity contribution is -0.00397. The van der Waals surface area contributed by atoms with Gasteiger partial charge in [0.2, 0.25) is 0 Å². The van der Waals surface area contributed by atoms with Gasteiger partial charge in [-0.3, -0.25) is 0 Å². The highest BCUT2D eigenvalue weighted by atomic mass is 35.5. The van der Waals surface area contributed by atoms with Gasteiger partial charge in [-0.05, 0) is 79.3 Å². The first kappa shape index (κ1) is 28.8. The molecule has 0 radical (unpaired) electrons. The fourth-order valence-electron chi connectivity index (χ4n) is 4.24. The minimum absolute atomic E-state index is 0.0628. The molecule has 0 amide bonds. The summed E-state index contributed by atoms with van der Waals surface area (Å²) < 4.78 is 19.8. The van der Waals surface area contributed by atoms with Crippen molar-refractivity contribution in [3.05, 3.63) is 93.8 Å². The molecule has 0 heterocycles. The molecule has 0 unspecified atom stereocenters. The van der Waals surface area contributed by atoms with Crippen LogP contribution in [0.4, 0.5) is 4.39 Å². The zero-order chi connectivity index (χ0) is 27.2. The van der Waals surface area contributed by atoms with Crippen LogP contribution in [-0.4, -0.2) is 46.1 Å². The van der Waals surface area contributed by atoms with Gasteiger partial charge in [-0.25, -0.2) is 9.18 Å². The Morgan fingerprint density at radius 1 is 1.14 bits per heavy atom. The van der Waals surface area contributed by atoms with Gasteiger partial charge in [0.1, 0.15) is 5.82 Å². The maximum Gasteiger partial charge on any atom is 0.336 e. The van der Waals surface area contributed by atoms with Crippen LogP contribution in [-0.2, 0) is 17.8 Å². The third-order valence-corrected chi connectivity index (χ3v) is 6.51. The van der Waals surface area contributed by atoms with Crippen LogP contribution in [0.15, 0.2) is 60.7 Å². The molecule has 37 heavy (non-hydrogen) atoms. The van der Waals surface area contributed by atoms with E-state index in [9.17, 15) is 24.5 Å². The zero-order valence-corrected chi connectivity index (χ0v) is 21.9. The number of halogens is 2. The van der Waals surface area contributed by atoms with Gasteiger partial charge in [0.05, 0.1) is 36.0 Å². The molecule has 0 aliphatic rings. The van der Waals surface area contributed by atoms with E-state index < -0.39 is 23.4 Å². The van der Waals surface area contributed by atoms with Crippen molar-refractivity contribution in [2.24, 2.45) is 0 Å². The Bertz CT molecular complexity index is 1230. The summed E-state index contributed by atoms with van der Waals surface area (Å²) >= 11 is 5.77. The Balaban J connectivity index is 1.61. The number of ether oxygens (including phenoxy) is 1. The van der Waals surface area contributed by atoms with Crippen molar-refractivity contribution in [3.63, 3.8) is 0 Å². The molecule has 0 bridgehead atoms. The number of aliphatic hydroxyl groups excluding tert-OH is 2. The van der Waals surface area contributed by atoms with Crippen LogP contribution in [0.5, 0.6) is 0 Å². The highest BCUT2D eigenvalue weighted by molar-refractivity contribution is 6.30. The second kappa shape index (κ2) is 12.6. The van der Waals surface area contributed by atoms with Crippen molar-refractivity contribution >= 4 is 17.6 Å². The number of carbonyl (C=O) groups is 1. The van der Waals surface area contributed by atoms with E-state index in [4.69, 9.17) is 16.3 Å². The number of hydrogen-bond acceptors (Lipinski definition) is 5. The van der Waals surface area contributed by atoms with Crippen LogP contribution in [0.3, 0.4) is 0 Å². The average Bonchev–Trinajstić information content (AvgIpc) is 2.87. The van der Waals surface area contributed by atoms with Gasteiger partial charge in [-0.2, -0.15) is 0 Å². The number of β-amino-alcohol motifs (C(OH)–C–C–N with tert-alkyl or cyclic N) is 1. The van der Waals surface area contributed by atoms with Crippen LogP contribution in [0.1, 0.15) is 53.9 Å². The van der Waals surface area contributed by atoms with Crippen molar-refractivity contribution in [1.29, 1.82) is 0 Å². The Morgan fingerprint density at radius 2 is 1.86 bits per heavy atom. The van der Waals surface area contributed by atoms with Gasteiger partial charge >= 0.3 is 5.97 Å². The van der Waals surface area contributed by atoms with Gasteiger partial charge in [0.15, 0.2) is 0 Å². The van der Waals surface area contributed by atoms with E-state index in [2.05, 4.69) is 5.32 Å². The first-order valence-corrected chi connectivity index (χ1v) is 12.4. The highest BCUT2D eigenvalue weighted by Gasteiger charge is 2.21. The van der Waals surface area contributed by atoms with E-state index >= 15 is 0 Å². The largest absolute Gasteiger partial charge is 0.478 e. The molecular weight excluding hydrogens is 497 g/mol. The normalized spacial score (nSPS) is 13.4. The second-order valence-electron chi connectivity index (χ2n) is 9.74. The molecule has 8 heteroatoms. The van der Waals surface area contributed by atoms with E-state index in [0.717, 1.165) is 22.3 Å². The SMILES string of the molecule is C[C@@H](OC[C@H](O)CNC(C)(C)Cc1ccc(Cl)c(F)c1)c1ccccc1-c1ccc(C(=O)O)c(CO)c1. The maximum absolute atomic E-state index is 13.8. The van der Waals surface area contributed by atoms with Gasteiger partial charge in [0.25, 0.3) is 0 Å². The summed E-state index contributed by atoms with van der Waals surface area (Å²) in [6.07, 6.45) is -0.575. The molecule has 3 aromatic rings. The third-order valence-electron chi connectivity index (χ3n) is 6.20. The lowest BCUT2D eigenvalue weighted by Crippen LogP contribution is -2.46. The first-order chi connectivity index (χ1) is 17.5. The molecule has 0 fully saturated rings. The van der Waals surface area contributed by atoms with Gasteiger partial charge in [0, 0.05) is 12.1 Å². The minimum Gasteiger partial charge on any atom is -0.478 e. The predicted molar refractivity (Wildman–Crippen MR) is 142 cm³/mol. The monoisotopic (exact) mass is 529 g/mol. The lowest BCUT2D eigenvalue weighted by Gasteiger charge is -2.28. The number of aliphatic hydroxyl groups is 2. The Hall–Kier alpha value is -2.81. The van der Waals surface area contributed by atoms with Crippen LogP contribution in [0, 0.1) is 5.82 Å². The number of nitrogens with one attached hydrogen (secondary N) is 1. The Labute approximate surface area is 221 Å². The average molecular weight is 530 g/mol. The number of carboxylic acid groups (broad SMARTS) is 1. The number of hydrogen-bond donors (Lipinski definition) is 4. The number of benzene rings is 3. The summed E-state index contributed by atoms with van der Waals surface area (Å²) in [4.78, 5) is 11.4. The smallest absolute Gasteiger partial charge is 0.336 e. The highest BCUT2D eigenvalue weighted by Crippen LogP contribution is 2.31. The molecule has 6 nitrogen and oxygen atoms in total. The van der Waals surface area contributed by atoms with E-state index in [1.807, 2.05) is 45.0 Å². The molecule has 0 aromatic heterocycles. The van der Waals surface area contributed by atoms with E-state index in [-0.39, 0.29) is 36.4 Å². The summed E-state index contributed by atoms with van der Waals surface area (Å²) in [6, 6.07) is 17.2. The quantitative estimate of drug-likeness (QED) is 0.251. The van der Waals surface area contributed by atoms with Gasteiger partial charge < -0.3 is 25.4 Å². The molecule has 0 saturated carbocycles. The molecule has 0 aliphatic carbocycles. The molecule has 2 atom stereocenters. The Kier molecular flexibility index (Phi) is 9.81. The molecule has 0 spiro atoms. The van der Waals surface area contributed by atoms with E-state index in [1.54, 1.807) is 18.2 Å². The topological polar surface area (TPSA) is 99.0 Å². The summed E-state index contributed by atoms with van der Waals surface area (Å²) in [5, 5.41) is 32.9. The summed E-state index contributed by atoms with van der Waals surface area (Å²) in [6.45, 7) is 5.83. The van der Waals surface area contributed by atoms with Gasteiger partial charge in [-0.15, -0.1) is 0 Å². The summed E-state index contributed by atoms with van der Waals surface area (Å²) in [7, 11) is 0. The second-order valence-corrected chi connectivity index (χ2v) is 10.1. The third kappa shape index (κ3) is 7.84. The first-order valence-electron chi connectivity index (χ1n) is 12.1. The summed E-state index contributed by atoms with van der Waals surface area (Å²) in [5.74, 6) is -1.55.